The van der Waals surface area contributed by atoms with E-state index in [1.54, 1.807) is 23.8 Å². The SMILES string of the molecule is Cc1c([C@@H](C)NC(=O)c2cn(C3CCOCC3)c(=O)cc2NC2CCNC2)cccc1C(F)(F)F. The number of carbonyl (C=O) groups excluding carboxylic acids is 1. The fourth-order valence-corrected chi connectivity index (χ4v) is 4.88. The zero-order chi connectivity index (χ0) is 25.2. The number of halogens is 3. The number of amides is 1. The third-order valence-electron chi connectivity index (χ3n) is 6.82. The van der Waals surface area contributed by atoms with Gasteiger partial charge in [-0.25, -0.2) is 0 Å². The largest absolute Gasteiger partial charge is 0.416 e. The molecule has 7 nitrogen and oxygen atoms in total. The molecule has 2 aliphatic rings. The third-order valence-corrected chi connectivity index (χ3v) is 6.82. The van der Waals surface area contributed by atoms with Crippen LogP contribution < -0.4 is 21.5 Å². The topological polar surface area (TPSA) is 84.4 Å². The van der Waals surface area contributed by atoms with E-state index in [0.29, 0.717) is 49.4 Å². The van der Waals surface area contributed by atoms with Crippen LogP contribution in [-0.2, 0) is 10.9 Å². The third kappa shape index (κ3) is 5.70. The van der Waals surface area contributed by atoms with Gasteiger partial charge < -0.3 is 25.3 Å². The Morgan fingerprint density at radius 3 is 2.63 bits per heavy atom. The van der Waals surface area contributed by atoms with Crippen LogP contribution in [0, 0.1) is 6.92 Å². The van der Waals surface area contributed by atoms with Crippen molar-refractivity contribution in [2.24, 2.45) is 0 Å². The molecular formula is C25H31F3N4O3. The van der Waals surface area contributed by atoms with Crippen LogP contribution in [-0.4, -0.2) is 42.8 Å². The van der Waals surface area contributed by atoms with Crippen LogP contribution in [0.15, 0.2) is 35.3 Å². The van der Waals surface area contributed by atoms with Crippen molar-refractivity contribution in [3.05, 3.63) is 63.1 Å². The molecule has 0 aliphatic carbocycles. The van der Waals surface area contributed by atoms with E-state index in [4.69, 9.17) is 4.74 Å². The number of benzene rings is 1. The molecule has 2 aliphatic heterocycles. The lowest BCUT2D eigenvalue weighted by atomic mass is 9.97. The van der Waals surface area contributed by atoms with Crippen LogP contribution in [0.4, 0.5) is 18.9 Å². The fourth-order valence-electron chi connectivity index (χ4n) is 4.88. The van der Waals surface area contributed by atoms with Gasteiger partial charge in [0, 0.05) is 44.1 Å². The molecule has 190 valence electrons. The summed E-state index contributed by atoms with van der Waals surface area (Å²) in [5, 5.41) is 9.39. The fraction of sp³-hybridized carbons (Fsp3) is 0.520. The maximum atomic E-state index is 13.4. The lowest BCUT2D eigenvalue weighted by Crippen LogP contribution is -2.34. The number of hydrogen-bond donors (Lipinski definition) is 3. The summed E-state index contributed by atoms with van der Waals surface area (Å²) in [6.45, 7) is 5.69. The molecule has 35 heavy (non-hydrogen) atoms. The Balaban J connectivity index is 1.64. The Morgan fingerprint density at radius 1 is 1.23 bits per heavy atom. The average Bonchev–Trinajstić information content (AvgIpc) is 3.32. The van der Waals surface area contributed by atoms with Gasteiger partial charge in [-0.15, -0.1) is 0 Å². The van der Waals surface area contributed by atoms with Crippen molar-refractivity contribution < 1.29 is 22.7 Å². The molecule has 2 aromatic rings. The molecular weight excluding hydrogens is 461 g/mol. The minimum atomic E-state index is -4.48. The maximum absolute atomic E-state index is 13.4. The van der Waals surface area contributed by atoms with Crippen molar-refractivity contribution in [3.8, 4) is 0 Å². The Bertz CT molecular complexity index is 1120. The first-order chi connectivity index (χ1) is 16.6. The molecule has 2 atom stereocenters. The quantitative estimate of drug-likeness (QED) is 0.572. The minimum absolute atomic E-state index is 0.0722. The van der Waals surface area contributed by atoms with Crippen LogP contribution >= 0.6 is 0 Å². The first-order valence-electron chi connectivity index (χ1n) is 11.9. The maximum Gasteiger partial charge on any atom is 0.416 e. The van der Waals surface area contributed by atoms with E-state index in [2.05, 4.69) is 16.0 Å². The first-order valence-corrected chi connectivity index (χ1v) is 11.9. The Hall–Kier alpha value is -2.85. The molecule has 10 heteroatoms. The lowest BCUT2D eigenvalue weighted by molar-refractivity contribution is -0.138. The molecule has 2 saturated heterocycles. The number of ether oxygens (including phenoxy) is 1. The summed E-state index contributed by atoms with van der Waals surface area (Å²) in [5.74, 6) is -0.455. The molecule has 1 unspecified atom stereocenters. The molecule has 1 amide bonds. The van der Waals surface area contributed by atoms with Gasteiger partial charge in [0.2, 0.25) is 0 Å². The molecule has 2 fully saturated rings. The first kappa shape index (κ1) is 25.2. The molecule has 3 heterocycles. The van der Waals surface area contributed by atoms with E-state index in [0.717, 1.165) is 19.0 Å². The molecule has 0 bridgehead atoms. The van der Waals surface area contributed by atoms with Gasteiger partial charge in [0.1, 0.15) is 0 Å². The summed E-state index contributed by atoms with van der Waals surface area (Å²) in [6, 6.07) is 4.74. The summed E-state index contributed by atoms with van der Waals surface area (Å²) in [5.41, 5.74) is 0.261. The predicted octanol–water partition coefficient (Wildman–Crippen LogP) is 3.79. The summed E-state index contributed by atoms with van der Waals surface area (Å²) in [7, 11) is 0. The molecule has 1 aromatic carbocycles. The van der Waals surface area contributed by atoms with Gasteiger partial charge in [0.25, 0.3) is 11.5 Å². The summed E-state index contributed by atoms with van der Waals surface area (Å²) < 4.78 is 47.1. The number of pyridine rings is 1. The predicted molar refractivity (Wildman–Crippen MR) is 127 cm³/mol. The number of carbonyl (C=O) groups is 1. The number of alkyl halides is 3. The standard InChI is InChI=1S/C25H31F3N4O3/c1-15-19(4-3-5-21(15)25(26,27)28)16(2)30-24(34)20-14-32(18-7-10-35-11-8-18)23(33)12-22(20)31-17-6-9-29-13-17/h3-5,12,14,16-18,29,31H,6-11,13H2,1-2H3,(H,30,34)/t16-,17?/m1/s1. The van der Waals surface area contributed by atoms with E-state index in [9.17, 15) is 22.8 Å². The van der Waals surface area contributed by atoms with Gasteiger partial charge in [-0.3, -0.25) is 9.59 Å². The van der Waals surface area contributed by atoms with Crippen molar-refractivity contribution in [1.82, 2.24) is 15.2 Å². The second kappa shape index (κ2) is 10.4. The Kier molecular flexibility index (Phi) is 7.51. The molecule has 0 saturated carbocycles. The van der Waals surface area contributed by atoms with E-state index in [-0.39, 0.29) is 23.2 Å². The summed E-state index contributed by atoms with van der Waals surface area (Å²) in [6.07, 6.45) is -0.719. The molecule has 0 radical (unpaired) electrons. The van der Waals surface area contributed by atoms with Gasteiger partial charge >= 0.3 is 6.18 Å². The molecule has 4 rings (SSSR count). The number of nitrogens with zero attached hydrogens (tertiary/aromatic N) is 1. The zero-order valence-electron chi connectivity index (χ0n) is 19.9. The van der Waals surface area contributed by atoms with Crippen molar-refractivity contribution >= 4 is 11.6 Å². The van der Waals surface area contributed by atoms with Crippen molar-refractivity contribution in [1.29, 1.82) is 0 Å². The molecule has 0 spiro atoms. The highest BCUT2D eigenvalue weighted by Gasteiger charge is 2.33. The summed E-state index contributed by atoms with van der Waals surface area (Å²) in [4.78, 5) is 26.4. The normalized spacial score (nSPS) is 20.0. The van der Waals surface area contributed by atoms with E-state index >= 15 is 0 Å². The second-order valence-electron chi connectivity index (χ2n) is 9.24. The lowest BCUT2D eigenvalue weighted by Gasteiger charge is -2.26. The number of rotatable bonds is 6. The van der Waals surface area contributed by atoms with E-state index in [1.165, 1.54) is 19.1 Å². The van der Waals surface area contributed by atoms with Gasteiger partial charge in [-0.2, -0.15) is 13.2 Å². The van der Waals surface area contributed by atoms with Crippen LogP contribution in [0.3, 0.4) is 0 Å². The van der Waals surface area contributed by atoms with E-state index in [1.807, 2.05) is 0 Å². The Labute approximate surface area is 202 Å². The highest BCUT2D eigenvalue weighted by molar-refractivity contribution is 5.99. The summed E-state index contributed by atoms with van der Waals surface area (Å²) >= 11 is 0. The monoisotopic (exact) mass is 492 g/mol. The van der Waals surface area contributed by atoms with Crippen molar-refractivity contribution in [3.63, 3.8) is 0 Å². The van der Waals surface area contributed by atoms with Crippen molar-refractivity contribution in [2.45, 2.75) is 57.4 Å². The number of nitrogens with one attached hydrogen (secondary N) is 3. The van der Waals surface area contributed by atoms with Gasteiger partial charge in [0.15, 0.2) is 0 Å². The molecule has 1 aromatic heterocycles. The zero-order valence-corrected chi connectivity index (χ0v) is 19.9. The highest BCUT2D eigenvalue weighted by atomic mass is 19.4. The van der Waals surface area contributed by atoms with Crippen LogP contribution in [0.5, 0.6) is 0 Å². The molecule has 3 N–H and O–H groups in total. The number of aromatic nitrogens is 1. The number of hydrogen-bond acceptors (Lipinski definition) is 5. The smallest absolute Gasteiger partial charge is 0.381 e. The highest BCUT2D eigenvalue weighted by Crippen LogP contribution is 2.34. The van der Waals surface area contributed by atoms with Crippen molar-refractivity contribution in [2.75, 3.05) is 31.6 Å². The van der Waals surface area contributed by atoms with Gasteiger partial charge in [-0.1, -0.05) is 12.1 Å². The minimum Gasteiger partial charge on any atom is -0.381 e. The number of anilines is 1. The van der Waals surface area contributed by atoms with E-state index < -0.39 is 23.7 Å². The van der Waals surface area contributed by atoms with Crippen LogP contribution in [0.1, 0.15) is 65.3 Å². The van der Waals surface area contributed by atoms with Crippen LogP contribution in [0.25, 0.3) is 0 Å². The van der Waals surface area contributed by atoms with Gasteiger partial charge in [0.05, 0.1) is 22.9 Å². The van der Waals surface area contributed by atoms with Gasteiger partial charge in [-0.05, 0) is 56.8 Å². The van der Waals surface area contributed by atoms with Crippen LogP contribution in [0.2, 0.25) is 0 Å². The second-order valence-corrected chi connectivity index (χ2v) is 9.24. The average molecular weight is 493 g/mol. The Morgan fingerprint density at radius 2 is 1.97 bits per heavy atom.